The van der Waals surface area contributed by atoms with Crippen molar-refractivity contribution in [1.29, 1.82) is 0 Å². The fourth-order valence-corrected chi connectivity index (χ4v) is 2.84. The van der Waals surface area contributed by atoms with Crippen LogP contribution in [-0.4, -0.2) is 55.6 Å². The molecule has 5 nitrogen and oxygen atoms in total. The van der Waals surface area contributed by atoms with Crippen LogP contribution in [0.4, 0.5) is 13.6 Å². The summed E-state index contributed by atoms with van der Waals surface area (Å²) in [5.41, 5.74) is 5.36. The van der Waals surface area contributed by atoms with E-state index >= 15 is 0 Å². The molecule has 118 valence electrons. The number of nitrogens with zero attached hydrogens (tertiary/aromatic N) is 1. The molecule has 1 aliphatic rings. The molecule has 0 bridgehead atoms. The van der Waals surface area contributed by atoms with Gasteiger partial charge in [-0.1, -0.05) is 20.8 Å². The van der Waals surface area contributed by atoms with E-state index in [9.17, 15) is 13.6 Å². The van der Waals surface area contributed by atoms with Crippen molar-refractivity contribution in [2.24, 2.45) is 5.73 Å². The molecule has 0 spiro atoms. The van der Waals surface area contributed by atoms with Gasteiger partial charge in [0.1, 0.15) is 6.04 Å². The summed E-state index contributed by atoms with van der Waals surface area (Å²) in [6, 6.07) is -2.99. The van der Waals surface area contributed by atoms with E-state index in [0.29, 0.717) is 4.90 Å². The van der Waals surface area contributed by atoms with E-state index in [1.165, 1.54) is 0 Å². The lowest BCUT2D eigenvalue weighted by molar-refractivity contribution is -0.0545. The number of nitrogens with two attached hydrogens (primary N) is 1. The summed E-state index contributed by atoms with van der Waals surface area (Å²) in [7, 11) is -2.22. The molecule has 3 N–H and O–H groups in total. The van der Waals surface area contributed by atoms with Crippen LogP contribution < -0.4 is 5.73 Å². The van der Waals surface area contributed by atoms with Crippen LogP contribution in [0.5, 0.6) is 0 Å². The summed E-state index contributed by atoms with van der Waals surface area (Å²) in [6.07, 6.45) is -1.39. The van der Waals surface area contributed by atoms with Crippen LogP contribution in [0.15, 0.2) is 0 Å². The number of amides is 1. The Labute approximate surface area is 119 Å². The number of rotatable bonds is 3. The first-order valence-electron chi connectivity index (χ1n) is 6.57. The van der Waals surface area contributed by atoms with Gasteiger partial charge in [0.05, 0.1) is 12.6 Å². The Balaban J connectivity index is 2.86. The molecule has 0 aromatic carbocycles. The second kappa shape index (κ2) is 5.23. The topological polar surface area (TPSA) is 75.8 Å². The van der Waals surface area contributed by atoms with E-state index in [0.717, 1.165) is 0 Å². The van der Waals surface area contributed by atoms with Gasteiger partial charge in [-0.25, -0.2) is 13.6 Å². The molecule has 1 aliphatic heterocycles. The Morgan fingerprint density at radius 1 is 1.50 bits per heavy atom. The number of likely N-dealkylation sites (tertiary alicyclic amines) is 1. The Bertz CT molecular complexity index is 385. The minimum Gasteiger partial charge on any atom is -0.465 e. The molecule has 1 rings (SSSR count). The van der Waals surface area contributed by atoms with Gasteiger partial charge in [0.15, 0.2) is 8.32 Å². The zero-order valence-corrected chi connectivity index (χ0v) is 13.6. The molecule has 0 aromatic heterocycles. The molecule has 20 heavy (non-hydrogen) atoms. The fraction of sp³-hybridized carbons (Fsp3) is 0.917. The smallest absolute Gasteiger partial charge is 0.407 e. The average molecular weight is 310 g/mol. The molecule has 1 amide bonds. The quantitative estimate of drug-likeness (QED) is 0.785. The van der Waals surface area contributed by atoms with Crippen LogP contribution in [0.1, 0.15) is 20.8 Å². The average Bonchev–Trinajstić information content (AvgIpc) is 2.46. The van der Waals surface area contributed by atoms with E-state index < -0.39 is 32.4 Å². The second-order valence-corrected chi connectivity index (χ2v) is 11.6. The lowest BCUT2D eigenvalue weighted by Gasteiger charge is -2.38. The van der Waals surface area contributed by atoms with Crippen molar-refractivity contribution in [3.8, 4) is 0 Å². The van der Waals surface area contributed by atoms with Crippen molar-refractivity contribution in [1.82, 2.24) is 4.90 Å². The standard InChI is InChI=1S/C12H24F2N2O3Si/c1-11(2,3)20(4,5)19-7-9-12(13,14)8(15)6-16(9)10(17)18/h8-9H,6-7,15H2,1-5H3,(H,17,18)/t8-,9-/m1/s1. The van der Waals surface area contributed by atoms with Gasteiger partial charge >= 0.3 is 6.09 Å². The summed E-state index contributed by atoms with van der Waals surface area (Å²) in [6.45, 7) is 9.17. The fourth-order valence-electron chi connectivity index (χ4n) is 1.83. The highest BCUT2D eigenvalue weighted by molar-refractivity contribution is 6.74. The molecule has 0 aliphatic carbocycles. The summed E-state index contributed by atoms with van der Waals surface area (Å²) >= 11 is 0. The molecule has 0 radical (unpaired) electrons. The maximum atomic E-state index is 14.0. The highest BCUT2D eigenvalue weighted by Crippen LogP contribution is 2.39. The SMILES string of the molecule is CC(C)(C)[Si](C)(C)OC[C@H]1N(C(=O)O)C[C@@H](N)C1(F)F. The van der Waals surface area contributed by atoms with Gasteiger partial charge in [-0.2, -0.15) is 0 Å². The van der Waals surface area contributed by atoms with Crippen LogP contribution in [-0.2, 0) is 4.43 Å². The van der Waals surface area contributed by atoms with E-state index in [-0.39, 0.29) is 18.2 Å². The second-order valence-electron chi connectivity index (χ2n) is 6.80. The normalized spacial score (nSPS) is 26.9. The summed E-state index contributed by atoms with van der Waals surface area (Å²) in [5.74, 6) is -3.26. The molecule has 0 saturated carbocycles. The molecule has 1 fully saturated rings. The minimum atomic E-state index is -3.26. The number of alkyl halides is 2. The van der Waals surface area contributed by atoms with Gasteiger partial charge in [0.2, 0.25) is 0 Å². The van der Waals surface area contributed by atoms with Gasteiger partial charge in [0.25, 0.3) is 5.92 Å². The van der Waals surface area contributed by atoms with Gasteiger partial charge in [-0.15, -0.1) is 0 Å². The Morgan fingerprint density at radius 3 is 2.40 bits per heavy atom. The predicted molar refractivity (Wildman–Crippen MR) is 74.6 cm³/mol. The number of carboxylic acid groups (broad SMARTS) is 1. The van der Waals surface area contributed by atoms with E-state index in [2.05, 4.69) is 0 Å². The van der Waals surface area contributed by atoms with Crippen molar-refractivity contribution in [3.05, 3.63) is 0 Å². The molecule has 1 heterocycles. The lowest BCUT2D eigenvalue weighted by Crippen LogP contribution is -2.51. The minimum absolute atomic E-state index is 0.128. The van der Waals surface area contributed by atoms with Crippen molar-refractivity contribution in [3.63, 3.8) is 0 Å². The van der Waals surface area contributed by atoms with Crippen molar-refractivity contribution in [2.45, 2.75) is 56.9 Å². The summed E-state index contributed by atoms with van der Waals surface area (Å²) in [4.78, 5) is 11.8. The van der Waals surface area contributed by atoms with Crippen molar-refractivity contribution in [2.75, 3.05) is 13.2 Å². The zero-order chi connectivity index (χ0) is 15.9. The van der Waals surface area contributed by atoms with Crippen LogP contribution in [0.25, 0.3) is 0 Å². The molecule has 1 saturated heterocycles. The monoisotopic (exact) mass is 310 g/mol. The Hall–Kier alpha value is -0.733. The molecular weight excluding hydrogens is 286 g/mol. The lowest BCUT2D eigenvalue weighted by atomic mass is 10.1. The predicted octanol–water partition coefficient (Wildman–Crippen LogP) is 2.33. The van der Waals surface area contributed by atoms with Crippen molar-refractivity contribution >= 4 is 14.4 Å². The molecular formula is C12H24F2N2O3Si. The van der Waals surface area contributed by atoms with E-state index in [1.54, 1.807) is 0 Å². The third-order valence-corrected chi connectivity index (χ3v) is 8.86. The van der Waals surface area contributed by atoms with Crippen LogP contribution in [0, 0.1) is 0 Å². The van der Waals surface area contributed by atoms with Crippen molar-refractivity contribution < 1.29 is 23.1 Å². The number of carbonyl (C=O) groups is 1. The zero-order valence-electron chi connectivity index (χ0n) is 12.6. The Kier molecular flexibility index (Phi) is 4.53. The number of halogens is 2. The highest BCUT2D eigenvalue weighted by Gasteiger charge is 2.57. The first kappa shape index (κ1) is 17.3. The highest BCUT2D eigenvalue weighted by atomic mass is 28.4. The van der Waals surface area contributed by atoms with E-state index in [1.807, 2.05) is 33.9 Å². The maximum Gasteiger partial charge on any atom is 0.407 e. The molecule has 2 atom stereocenters. The van der Waals surface area contributed by atoms with Gasteiger partial charge < -0.3 is 15.3 Å². The van der Waals surface area contributed by atoms with E-state index in [4.69, 9.17) is 15.3 Å². The van der Waals surface area contributed by atoms with Gasteiger partial charge in [-0.05, 0) is 18.1 Å². The third-order valence-electron chi connectivity index (χ3n) is 4.36. The number of hydrogen-bond donors (Lipinski definition) is 2. The van der Waals surface area contributed by atoms with Crippen LogP contribution in [0.2, 0.25) is 18.1 Å². The summed E-state index contributed by atoms with van der Waals surface area (Å²) in [5, 5.41) is 8.89. The summed E-state index contributed by atoms with van der Waals surface area (Å²) < 4.78 is 33.7. The number of hydrogen-bond acceptors (Lipinski definition) is 3. The molecule has 0 unspecified atom stereocenters. The first-order chi connectivity index (χ1) is 8.80. The van der Waals surface area contributed by atoms with Gasteiger partial charge in [-0.3, -0.25) is 4.90 Å². The Morgan fingerprint density at radius 2 is 2.00 bits per heavy atom. The maximum absolute atomic E-state index is 14.0. The first-order valence-corrected chi connectivity index (χ1v) is 9.48. The largest absolute Gasteiger partial charge is 0.465 e. The molecule has 0 aromatic rings. The third kappa shape index (κ3) is 3.12. The molecule has 8 heteroatoms. The van der Waals surface area contributed by atoms with Gasteiger partial charge in [0, 0.05) is 6.54 Å². The van der Waals surface area contributed by atoms with Crippen LogP contribution >= 0.6 is 0 Å². The van der Waals surface area contributed by atoms with Crippen LogP contribution in [0.3, 0.4) is 0 Å².